The number of aromatic nitrogens is 3. The summed E-state index contributed by atoms with van der Waals surface area (Å²) in [7, 11) is 0. The largest absolute Gasteiger partial charge is 0.508 e. The number of phenolic OH excluding ortho intramolecular Hbond substituents is 1. The Hall–Kier alpha value is -9.41. The van der Waals surface area contributed by atoms with Gasteiger partial charge in [-0.3, -0.25) is 57.7 Å². The van der Waals surface area contributed by atoms with Crippen LogP contribution in [-0.4, -0.2) is 169 Å². The number of nitrogens with one attached hydrogen (secondary N) is 9. The Morgan fingerprint density at radius 3 is 1.93 bits per heavy atom. The molecule has 0 aliphatic carbocycles. The van der Waals surface area contributed by atoms with Gasteiger partial charge >= 0.3 is 0 Å². The van der Waals surface area contributed by atoms with E-state index in [9.17, 15) is 63.0 Å². The highest BCUT2D eigenvalue weighted by atomic mass is 16.3. The highest BCUT2D eigenvalue weighted by Crippen LogP contribution is 2.23. The first-order valence-corrected chi connectivity index (χ1v) is 30.3. The molecule has 3 heterocycles. The van der Waals surface area contributed by atoms with Crippen molar-refractivity contribution in [3.63, 3.8) is 0 Å². The van der Waals surface area contributed by atoms with Gasteiger partial charge in [-0.05, 0) is 80.2 Å². The van der Waals surface area contributed by atoms with Crippen LogP contribution in [0.3, 0.4) is 0 Å². The quantitative estimate of drug-likeness (QED) is 0.0146. The lowest BCUT2D eigenvalue weighted by Gasteiger charge is -2.29. The molecular weight excluding hydrogens is 1160 g/mol. The summed E-state index contributed by atoms with van der Waals surface area (Å²) in [6, 6.07) is 2.23. The van der Waals surface area contributed by atoms with Crippen LogP contribution in [0.1, 0.15) is 122 Å². The predicted octanol–water partition coefficient (Wildman–Crippen LogP) is -0.973. The number of imidazole rings is 1. The van der Waals surface area contributed by atoms with E-state index in [0.717, 1.165) is 6.42 Å². The van der Waals surface area contributed by atoms with Gasteiger partial charge in [0.15, 0.2) is 11.7 Å². The van der Waals surface area contributed by atoms with Crippen molar-refractivity contribution in [2.45, 2.75) is 172 Å². The molecule has 19 N–H and O–H groups in total. The third-order valence-electron chi connectivity index (χ3n) is 15.4. The number of para-hydroxylation sites is 1. The molecule has 4 aromatic rings. The summed E-state index contributed by atoms with van der Waals surface area (Å²) in [5, 5.41) is 40.4. The number of carbonyl (C=O) groups is 11. The van der Waals surface area contributed by atoms with Crippen molar-refractivity contribution >= 4 is 81.7 Å². The van der Waals surface area contributed by atoms with Gasteiger partial charge in [-0.15, -0.1) is 0 Å². The van der Waals surface area contributed by atoms with E-state index in [1.54, 1.807) is 30.5 Å². The molecule has 10 amide bonds. The minimum atomic E-state index is -1.77. The number of aliphatic hydroxyl groups is 1. The molecule has 490 valence electrons. The van der Waals surface area contributed by atoms with Crippen LogP contribution in [0, 0.1) is 11.8 Å². The molecule has 2 aromatic heterocycles. The number of H-pyrrole nitrogens is 2. The third kappa shape index (κ3) is 22.6. The fourth-order valence-corrected chi connectivity index (χ4v) is 10.6. The van der Waals surface area contributed by atoms with Crippen LogP contribution in [0.25, 0.3) is 10.9 Å². The van der Waals surface area contributed by atoms with Gasteiger partial charge in [-0.25, -0.2) is 4.98 Å². The number of unbranched alkanes of at least 4 members (excludes halogenated alkanes) is 2. The van der Waals surface area contributed by atoms with Gasteiger partial charge in [0.05, 0.1) is 24.9 Å². The van der Waals surface area contributed by atoms with E-state index in [-0.39, 0.29) is 87.9 Å². The normalized spacial score (nSPS) is 15.6. The van der Waals surface area contributed by atoms with Crippen molar-refractivity contribution in [2.24, 2.45) is 39.8 Å². The molecule has 9 atom stereocenters. The average molecular weight is 1250 g/mol. The number of likely N-dealkylation sites (tertiary alicyclic amines) is 1. The SMILES string of the molecule is CCCCCC(NC(=O)C(CC(C)C)NC(=O)C(CCCN=C(N)N)NC(=O)C1CCCN1C(C)=O)C(=O)NC(Cc1ccc(O)cc1)C(=O)NC(CO)C(=O)NC(Cc1c[nH]c2ccccc12)C(=O)CC(Cc1cnc[nH]1)C(=O)NC(CCC(N)=O)C(N)=O. The Morgan fingerprint density at radius 1 is 0.689 bits per heavy atom. The number of carbonyl (C=O) groups excluding carboxylic acids is 11. The van der Waals surface area contributed by atoms with E-state index in [2.05, 4.69) is 57.2 Å². The minimum absolute atomic E-state index is 0.0455. The molecule has 0 bridgehead atoms. The molecule has 0 radical (unpaired) electrons. The molecule has 0 saturated carbocycles. The summed E-state index contributed by atoms with van der Waals surface area (Å²) in [5.74, 6) is -10.0. The summed E-state index contributed by atoms with van der Waals surface area (Å²) in [6.07, 6.45) is 6.06. The van der Waals surface area contributed by atoms with Crippen LogP contribution < -0.4 is 60.2 Å². The molecule has 29 heteroatoms. The third-order valence-corrected chi connectivity index (χ3v) is 15.4. The van der Waals surface area contributed by atoms with Crippen LogP contribution in [0.15, 0.2) is 72.2 Å². The number of rotatable bonds is 38. The van der Waals surface area contributed by atoms with Crippen molar-refractivity contribution < 1.29 is 63.0 Å². The van der Waals surface area contributed by atoms with E-state index in [4.69, 9.17) is 22.9 Å². The van der Waals surface area contributed by atoms with Crippen LogP contribution in [0.5, 0.6) is 5.75 Å². The number of ketones is 1. The number of guanidine groups is 1. The number of aromatic amines is 2. The van der Waals surface area contributed by atoms with E-state index < -0.39 is 126 Å². The maximum absolute atomic E-state index is 14.7. The fourth-order valence-electron chi connectivity index (χ4n) is 10.6. The number of nitrogens with two attached hydrogens (primary N) is 4. The topological polar surface area (TPSA) is 477 Å². The molecule has 1 aliphatic rings. The Kier molecular flexibility index (Phi) is 28.2. The number of benzene rings is 2. The average Bonchev–Trinajstić information content (AvgIpc) is 2.20. The Labute approximate surface area is 521 Å². The van der Waals surface area contributed by atoms with Crippen molar-refractivity contribution in [1.82, 2.24) is 57.1 Å². The number of primary amides is 2. The molecule has 90 heavy (non-hydrogen) atoms. The number of aromatic hydroxyl groups is 1. The minimum Gasteiger partial charge on any atom is -0.508 e. The molecule has 5 rings (SSSR count). The molecular formula is C61H88N16O13. The molecule has 1 saturated heterocycles. The predicted molar refractivity (Wildman–Crippen MR) is 331 cm³/mol. The lowest BCUT2D eigenvalue weighted by molar-refractivity contribution is -0.138. The number of aliphatic imine (C=N–C) groups is 1. The van der Waals surface area contributed by atoms with Crippen LogP contribution in [-0.2, 0) is 72.0 Å². The second-order valence-electron chi connectivity index (χ2n) is 23.0. The van der Waals surface area contributed by atoms with Gasteiger partial charge < -0.3 is 85.2 Å². The number of fused-ring (bicyclic) bond motifs is 1. The first-order chi connectivity index (χ1) is 42.9. The zero-order valence-corrected chi connectivity index (χ0v) is 51.4. The van der Waals surface area contributed by atoms with Gasteiger partial charge in [-0.1, -0.05) is 70.4 Å². The molecule has 0 spiro atoms. The van der Waals surface area contributed by atoms with E-state index >= 15 is 0 Å². The fraction of sp³-hybridized carbons (Fsp3) is 0.525. The summed E-state index contributed by atoms with van der Waals surface area (Å²) in [4.78, 5) is 167. The molecule has 1 aliphatic heterocycles. The van der Waals surface area contributed by atoms with Crippen molar-refractivity contribution in [3.8, 4) is 5.75 Å². The second kappa shape index (κ2) is 35.6. The lowest BCUT2D eigenvalue weighted by atomic mass is 9.90. The summed E-state index contributed by atoms with van der Waals surface area (Å²) in [6.45, 7) is 6.39. The zero-order chi connectivity index (χ0) is 66.0. The number of hydrogen-bond acceptors (Lipinski definition) is 15. The molecule has 2 aromatic carbocycles. The highest BCUT2D eigenvalue weighted by molar-refractivity contribution is 5.99. The molecule has 1 fully saturated rings. The van der Waals surface area contributed by atoms with E-state index in [1.807, 2.05) is 20.8 Å². The van der Waals surface area contributed by atoms with Crippen molar-refractivity contribution in [1.29, 1.82) is 0 Å². The molecule has 9 unspecified atom stereocenters. The maximum atomic E-state index is 14.7. The van der Waals surface area contributed by atoms with Crippen molar-refractivity contribution in [2.75, 3.05) is 19.7 Å². The van der Waals surface area contributed by atoms with E-state index in [1.165, 1.54) is 48.6 Å². The highest BCUT2D eigenvalue weighted by Gasteiger charge is 2.38. The lowest BCUT2D eigenvalue weighted by Crippen LogP contribution is -2.60. The number of phenols is 1. The molecule has 29 nitrogen and oxygen atoms in total. The van der Waals surface area contributed by atoms with Crippen LogP contribution in [0.4, 0.5) is 0 Å². The standard InChI is InChI=1S/C61H88N16O13/c1-5-6-7-14-44(71-57(87)47(25-34(2)3)74-56(86)45(15-10-23-67-61(64)65)72-60(90)50-16-11-24-77(50)35(4)79)55(85)75-48(26-36-17-19-40(80)20-18-36)58(88)76-49(32-78)59(89)73-46(28-38-30-68-42-13-9-8-12-41(38)42)51(81)29-37(27-39-31-66-33-69-39)54(84)70-43(53(63)83)21-22-52(62)82/h8-9,12-13,17-20,30-31,33-34,37,43-50,68,78,80H,5-7,10-11,14-16,21-29,32H2,1-4H3,(H2,62,82)(H2,63,83)(H,66,69)(H,70,84)(H,71,87)(H,72,90)(H,73,89)(H,74,86)(H,75,85)(H,76,88)(H4,64,65,67). The second-order valence-corrected chi connectivity index (χ2v) is 23.0. The van der Waals surface area contributed by atoms with Gasteiger partial charge in [0.1, 0.15) is 48.0 Å². The first-order valence-electron chi connectivity index (χ1n) is 30.3. The number of nitrogens with zero attached hydrogens (tertiary/aromatic N) is 3. The van der Waals surface area contributed by atoms with Crippen LogP contribution >= 0.6 is 0 Å². The summed E-state index contributed by atoms with van der Waals surface area (Å²) in [5.41, 5.74) is 24.1. The Balaban J connectivity index is 1.41. The monoisotopic (exact) mass is 1250 g/mol. The smallest absolute Gasteiger partial charge is 0.245 e. The van der Waals surface area contributed by atoms with E-state index in [0.29, 0.717) is 60.0 Å². The van der Waals surface area contributed by atoms with Gasteiger partial charge in [0, 0.05) is 81.1 Å². The number of amides is 10. The Bertz CT molecular complexity index is 3130. The Morgan fingerprint density at radius 2 is 1.30 bits per heavy atom. The van der Waals surface area contributed by atoms with Crippen LogP contribution in [0.2, 0.25) is 0 Å². The first kappa shape index (κ1) is 71.3. The van der Waals surface area contributed by atoms with Gasteiger partial charge in [0.25, 0.3) is 0 Å². The van der Waals surface area contributed by atoms with Crippen molar-refractivity contribution in [3.05, 3.63) is 84.1 Å². The number of hydrogen-bond donors (Lipinski definition) is 15. The summed E-state index contributed by atoms with van der Waals surface area (Å²) < 4.78 is 0. The van der Waals surface area contributed by atoms with Gasteiger partial charge in [0.2, 0.25) is 59.1 Å². The number of Topliss-reactive ketones (excluding diaryl/α,β-unsaturated/α-hetero) is 1. The maximum Gasteiger partial charge on any atom is 0.245 e. The zero-order valence-electron chi connectivity index (χ0n) is 51.4. The summed E-state index contributed by atoms with van der Waals surface area (Å²) >= 11 is 0. The van der Waals surface area contributed by atoms with Gasteiger partial charge in [-0.2, -0.15) is 0 Å². The number of aliphatic hydroxyl groups excluding tert-OH is 1.